The van der Waals surface area contributed by atoms with Gasteiger partial charge in [-0.15, -0.1) is 6.42 Å². The minimum absolute atomic E-state index is 0.000744. The lowest BCUT2D eigenvalue weighted by atomic mass is 9.73. The number of anilines is 1. The molecular formula is C27H27FN4O2. The van der Waals surface area contributed by atoms with Crippen LogP contribution in [0.25, 0.3) is 5.69 Å². The molecule has 0 bridgehead atoms. The molecule has 0 saturated carbocycles. The molecule has 34 heavy (non-hydrogen) atoms. The molecule has 2 aliphatic rings. The number of piperidine rings is 1. The van der Waals surface area contributed by atoms with Gasteiger partial charge in [-0.3, -0.25) is 9.36 Å². The van der Waals surface area contributed by atoms with Crippen molar-refractivity contribution in [3.63, 3.8) is 0 Å². The number of aromatic nitrogens is 2. The van der Waals surface area contributed by atoms with Crippen LogP contribution in [0.4, 0.5) is 10.2 Å². The van der Waals surface area contributed by atoms with Gasteiger partial charge in [-0.2, -0.15) is 0 Å². The zero-order valence-electron chi connectivity index (χ0n) is 19.3. The van der Waals surface area contributed by atoms with Gasteiger partial charge in [-0.05, 0) is 67.0 Å². The first-order valence-electron chi connectivity index (χ1n) is 11.4. The van der Waals surface area contributed by atoms with E-state index in [1.165, 1.54) is 29.4 Å². The molecule has 0 radical (unpaired) electrons. The van der Waals surface area contributed by atoms with Crippen LogP contribution in [0.1, 0.15) is 41.4 Å². The van der Waals surface area contributed by atoms with Crippen LogP contribution in [0.2, 0.25) is 0 Å². The molecule has 7 heteroatoms. The van der Waals surface area contributed by atoms with E-state index < -0.39 is 5.82 Å². The predicted molar refractivity (Wildman–Crippen MR) is 130 cm³/mol. The van der Waals surface area contributed by atoms with E-state index in [0.29, 0.717) is 17.3 Å². The van der Waals surface area contributed by atoms with Gasteiger partial charge in [0.25, 0.3) is 5.56 Å². The van der Waals surface area contributed by atoms with Gasteiger partial charge in [-0.25, -0.2) is 9.37 Å². The summed E-state index contributed by atoms with van der Waals surface area (Å²) in [5.74, 6) is 3.49. The lowest BCUT2D eigenvalue weighted by Crippen LogP contribution is -2.45. The van der Waals surface area contributed by atoms with Crippen molar-refractivity contribution < 1.29 is 9.13 Å². The SMILES string of the molecule is C#Cc1ccc2c(c1)[C@@H](N)C1(CCN(c3cc(=O)n(-c4ccc(F)c(OC)c4)c(C)n3)CC1)C2. The van der Waals surface area contributed by atoms with Crippen molar-refractivity contribution in [2.24, 2.45) is 11.1 Å². The van der Waals surface area contributed by atoms with Crippen LogP contribution in [0.15, 0.2) is 47.3 Å². The van der Waals surface area contributed by atoms with Gasteiger partial charge in [0.15, 0.2) is 11.6 Å². The van der Waals surface area contributed by atoms with Crippen molar-refractivity contribution in [3.8, 4) is 23.8 Å². The Bertz CT molecular complexity index is 1370. The molecule has 2 heterocycles. The van der Waals surface area contributed by atoms with Gasteiger partial charge in [-0.1, -0.05) is 12.0 Å². The second-order valence-corrected chi connectivity index (χ2v) is 9.22. The first kappa shape index (κ1) is 22.2. The number of aryl methyl sites for hydroxylation is 1. The second-order valence-electron chi connectivity index (χ2n) is 9.22. The smallest absolute Gasteiger partial charge is 0.260 e. The minimum Gasteiger partial charge on any atom is -0.494 e. The Labute approximate surface area is 198 Å². The highest BCUT2D eigenvalue weighted by molar-refractivity contribution is 5.48. The largest absolute Gasteiger partial charge is 0.494 e. The number of terminal acetylenes is 1. The molecule has 1 fully saturated rings. The van der Waals surface area contributed by atoms with Crippen LogP contribution in [0.5, 0.6) is 5.75 Å². The molecule has 1 spiro atoms. The average Bonchev–Trinajstić information content (AvgIpc) is 3.10. The van der Waals surface area contributed by atoms with Crippen molar-refractivity contribution in [2.75, 3.05) is 25.1 Å². The normalized spacial score (nSPS) is 18.6. The fourth-order valence-corrected chi connectivity index (χ4v) is 5.47. The molecule has 1 aromatic heterocycles. The van der Waals surface area contributed by atoms with E-state index in [1.807, 2.05) is 6.07 Å². The summed E-state index contributed by atoms with van der Waals surface area (Å²) in [5, 5.41) is 0. The maximum absolute atomic E-state index is 13.8. The summed E-state index contributed by atoms with van der Waals surface area (Å²) in [6.45, 7) is 3.31. The Morgan fingerprint density at radius 1 is 1.21 bits per heavy atom. The molecule has 1 saturated heterocycles. The maximum Gasteiger partial charge on any atom is 0.260 e. The third-order valence-corrected chi connectivity index (χ3v) is 7.40. The third-order valence-electron chi connectivity index (χ3n) is 7.40. The lowest BCUT2D eigenvalue weighted by Gasteiger charge is -2.42. The zero-order valence-corrected chi connectivity index (χ0v) is 19.3. The molecule has 1 aliphatic heterocycles. The number of fused-ring (bicyclic) bond motifs is 1. The van der Waals surface area contributed by atoms with E-state index in [9.17, 15) is 9.18 Å². The summed E-state index contributed by atoms with van der Waals surface area (Å²) in [7, 11) is 1.39. The van der Waals surface area contributed by atoms with Crippen molar-refractivity contribution in [1.82, 2.24) is 9.55 Å². The number of ether oxygens (including phenoxy) is 1. The third kappa shape index (κ3) is 3.55. The van der Waals surface area contributed by atoms with Gasteiger partial charge in [0.05, 0.1) is 12.8 Å². The summed E-state index contributed by atoms with van der Waals surface area (Å²) in [6, 6.07) is 12.0. The van der Waals surface area contributed by atoms with Gasteiger partial charge < -0.3 is 15.4 Å². The van der Waals surface area contributed by atoms with E-state index in [1.54, 1.807) is 19.1 Å². The number of rotatable bonds is 3. The van der Waals surface area contributed by atoms with E-state index in [4.69, 9.17) is 21.9 Å². The first-order chi connectivity index (χ1) is 16.3. The molecule has 0 unspecified atom stereocenters. The van der Waals surface area contributed by atoms with Crippen molar-refractivity contribution in [2.45, 2.75) is 32.2 Å². The van der Waals surface area contributed by atoms with Crippen molar-refractivity contribution in [3.05, 3.63) is 81.2 Å². The Morgan fingerprint density at radius 2 is 1.97 bits per heavy atom. The van der Waals surface area contributed by atoms with Crippen LogP contribution >= 0.6 is 0 Å². The molecule has 2 N–H and O–H groups in total. The quantitative estimate of drug-likeness (QED) is 0.608. The van der Waals surface area contributed by atoms with Gasteiger partial charge in [0, 0.05) is 36.8 Å². The zero-order chi connectivity index (χ0) is 24.0. The van der Waals surface area contributed by atoms with Crippen LogP contribution in [-0.2, 0) is 6.42 Å². The molecule has 3 aromatic rings. The van der Waals surface area contributed by atoms with Crippen LogP contribution in [-0.4, -0.2) is 29.8 Å². The molecule has 6 nitrogen and oxygen atoms in total. The van der Waals surface area contributed by atoms with Gasteiger partial charge in [0.1, 0.15) is 11.6 Å². The standard InChI is InChI=1S/C27H27FN4O2/c1-4-18-5-6-19-16-27(26(29)21(19)13-18)9-11-31(12-10-27)24-15-25(33)32(17(2)30-24)20-7-8-22(28)23(14-20)34-3/h1,5-8,13-15,26H,9-12,16,29H2,2-3H3/t26-/m1/s1. The van der Waals surface area contributed by atoms with Crippen molar-refractivity contribution >= 4 is 5.82 Å². The van der Waals surface area contributed by atoms with Gasteiger partial charge >= 0.3 is 0 Å². The summed E-state index contributed by atoms with van der Waals surface area (Å²) >= 11 is 0. The van der Waals surface area contributed by atoms with Gasteiger partial charge in [0.2, 0.25) is 0 Å². The Morgan fingerprint density at radius 3 is 2.65 bits per heavy atom. The number of nitrogens with two attached hydrogens (primary N) is 1. The second kappa shape index (κ2) is 8.30. The van der Waals surface area contributed by atoms with E-state index >= 15 is 0 Å². The molecule has 2 aromatic carbocycles. The van der Waals surface area contributed by atoms with Crippen LogP contribution in [0, 0.1) is 30.5 Å². The highest BCUT2D eigenvalue weighted by atomic mass is 19.1. The predicted octanol–water partition coefficient (Wildman–Crippen LogP) is 3.51. The Kier molecular flexibility index (Phi) is 5.41. The average molecular weight is 459 g/mol. The monoisotopic (exact) mass is 458 g/mol. The molecular weight excluding hydrogens is 431 g/mol. The number of hydrogen-bond donors (Lipinski definition) is 1. The molecule has 1 atom stereocenters. The number of halogens is 1. The molecule has 174 valence electrons. The summed E-state index contributed by atoms with van der Waals surface area (Å²) in [4.78, 5) is 19.9. The summed E-state index contributed by atoms with van der Waals surface area (Å²) in [6.07, 6.45) is 8.35. The van der Waals surface area contributed by atoms with Crippen molar-refractivity contribution in [1.29, 1.82) is 0 Å². The first-order valence-corrected chi connectivity index (χ1v) is 11.4. The highest BCUT2D eigenvalue weighted by Gasteiger charge is 2.46. The van der Waals surface area contributed by atoms with E-state index in [2.05, 4.69) is 23.0 Å². The van der Waals surface area contributed by atoms with Crippen LogP contribution in [0.3, 0.4) is 0 Å². The van der Waals surface area contributed by atoms with Crippen LogP contribution < -0.4 is 20.9 Å². The lowest BCUT2D eigenvalue weighted by molar-refractivity contribution is 0.187. The molecule has 5 rings (SSSR count). The van der Waals surface area contributed by atoms with E-state index in [0.717, 1.165) is 43.5 Å². The fourth-order valence-electron chi connectivity index (χ4n) is 5.47. The fraction of sp³-hybridized carbons (Fsp3) is 0.333. The number of benzene rings is 2. The molecule has 0 amide bonds. The van der Waals surface area contributed by atoms with E-state index in [-0.39, 0.29) is 22.8 Å². The summed E-state index contributed by atoms with van der Waals surface area (Å²) in [5.41, 5.74) is 10.3. The Balaban J connectivity index is 1.37. The Hall–Kier alpha value is -3.63. The molecule has 1 aliphatic carbocycles. The maximum atomic E-state index is 13.8. The highest BCUT2D eigenvalue weighted by Crippen LogP contribution is 2.51. The minimum atomic E-state index is -0.480. The number of nitrogens with zero attached hydrogens (tertiary/aromatic N) is 3. The number of hydrogen-bond acceptors (Lipinski definition) is 5. The number of methoxy groups -OCH3 is 1. The summed E-state index contributed by atoms with van der Waals surface area (Å²) < 4.78 is 20.3. The topological polar surface area (TPSA) is 73.4 Å².